The Kier molecular flexibility index (Phi) is 3.37. The maximum absolute atomic E-state index is 5.84. The second kappa shape index (κ2) is 5.07. The number of nitrogens with zero attached hydrogens (tertiary/aromatic N) is 2. The highest BCUT2D eigenvalue weighted by atomic mass is 16.7. The molecule has 0 spiro atoms. The van der Waals surface area contributed by atoms with Gasteiger partial charge in [-0.15, -0.1) is 0 Å². The highest BCUT2D eigenvalue weighted by molar-refractivity contribution is 5.94. The van der Waals surface area contributed by atoms with Crippen molar-refractivity contribution in [3.05, 3.63) is 24.4 Å². The highest BCUT2D eigenvalue weighted by Gasteiger charge is 2.21. The Hall–Kier alpha value is -2.01. The van der Waals surface area contributed by atoms with E-state index in [1.54, 1.807) is 0 Å². The molecule has 0 amide bonds. The molecule has 3 rings (SSSR count). The van der Waals surface area contributed by atoms with Gasteiger partial charge in [0.2, 0.25) is 6.79 Å². The number of aromatic nitrogens is 1. The Balaban J connectivity index is 2.02. The quantitative estimate of drug-likeness (QED) is 0.935. The van der Waals surface area contributed by atoms with Crippen LogP contribution in [0.15, 0.2) is 24.4 Å². The summed E-state index contributed by atoms with van der Waals surface area (Å²) >= 11 is 0. The van der Waals surface area contributed by atoms with Crippen LogP contribution in [0.25, 0.3) is 10.8 Å². The Bertz CT molecular complexity index is 670. The van der Waals surface area contributed by atoms with Crippen molar-refractivity contribution in [1.82, 2.24) is 4.98 Å². The molecule has 0 unspecified atom stereocenters. The molecular formula is C16H21N3O2. The number of nitrogens with two attached hydrogens (primary N) is 1. The van der Waals surface area contributed by atoms with Crippen molar-refractivity contribution < 1.29 is 9.47 Å². The van der Waals surface area contributed by atoms with Crippen LogP contribution in [0.4, 0.5) is 5.82 Å². The highest BCUT2D eigenvalue weighted by Crippen LogP contribution is 2.38. The van der Waals surface area contributed by atoms with Crippen molar-refractivity contribution in [1.29, 1.82) is 0 Å². The summed E-state index contributed by atoms with van der Waals surface area (Å²) in [7, 11) is 2.05. The molecular weight excluding hydrogens is 266 g/mol. The van der Waals surface area contributed by atoms with Crippen molar-refractivity contribution >= 4 is 16.6 Å². The van der Waals surface area contributed by atoms with E-state index in [0.29, 0.717) is 6.54 Å². The molecule has 0 saturated carbocycles. The average Bonchev–Trinajstić information content (AvgIpc) is 2.90. The van der Waals surface area contributed by atoms with Crippen LogP contribution in [-0.2, 0) is 0 Å². The normalized spacial score (nSPS) is 13.7. The zero-order valence-corrected chi connectivity index (χ0v) is 12.7. The van der Waals surface area contributed by atoms with Crippen LogP contribution in [-0.4, -0.2) is 31.9 Å². The molecule has 0 radical (unpaired) electrons. The summed E-state index contributed by atoms with van der Waals surface area (Å²) in [6.45, 7) is 6.07. The lowest BCUT2D eigenvalue weighted by Gasteiger charge is -2.30. The van der Waals surface area contributed by atoms with Gasteiger partial charge < -0.3 is 20.1 Å². The van der Waals surface area contributed by atoms with Gasteiger partial charge >= 0.3 is 0 Å². The van der Waals surface area contributed by atoms with Gasteiger partial charge in [0.1, 0.15) is 5.82 Å². The van der Waals surface area contributed by atoms with Crippen molar-refractivity contribution in [2.45, 2.75) is 13.8 Å². The number of benzene rings is 1. The van der Waals surface area contributed by atoms with Gasteiger partial charge in [-0.3, -0.25) is 0 Å². The minimum atomic E-state index is 0.0366. The average molecular weight is 287 g/mol. The van der Waals surface area contributed by atoms with E-state index in [2.05, 4.69) is 23.7 Å². The molecule has 1 aromatic heterocycles. The second-order valence-electron chi connectivity index (χ2n) is 6.29. The largest absolute Gasteiger partial charge is 0.454 e. The summed E-state index contributed by atoms with van der Waals surface area (Å²) < 4.78 is 10.9. The number of anilines is 1. The molecule has 1 aliphatic rings. The standard InChI is InChI=1S/C16H21N3O2/c1-16(2,8-17)9-19(3)15-12-7-14-13(20-10-21-14)6-11(12)4-5-18-15/h4-7H,8-10,17H2,1-3H3. The van der Waals surface area contributed by atoms with Crippen LogP contribution in [0.1, 0.15) is 13.8 Å². The lowest BCUT2D eigenvalue weighted by Crippen LogP contribution is -2.37. The van der Waals surface area contributed by atoms with E-state index in [0.717, 1.165) is 34.6 Å². The summed E-state index contributed by atoms with van der Waals surface area (Å²) in [6, 6.07) is 6.00. The van der Waals surface area contributed by atoms with Crippen LogP contribution in [0.2, 0.25) is 0 Å². The third-order valence-electron chi connectivity index (χ3n) is 3.82. The first kappa shape index (κ1) is 13.9. The van der Waals surface area contributed by atoms with Crippen molar-refractivity contribution in [3.63, 3.8) is 0 Å². The third kappa shape index (κ3) is 2.61. The second-order valence-corrected chi connectivity index (χ2v) is 6.29. The van der Waals surface area contributed by atoms with Crippen LogP contribution >= 0.6 is 0 Å². The first-order valence-electron chi connectivity index (χ1n) is 7.10. The van der Waals surface area contributed by atoms with Crippen LogP contribution in [0.5, 0.6) is 11.5 Å². The maximum atomic E-state index is 5.84. The fourth-order valence-electron chi connectivity index (χ4n) is 2.63. The summed E-state index contributed by atoms with van der Waals surface area (Å²) in [5.41, 5.74) is 5.87. The number of hydrogen-bond acceptors (Lipinski definition) is 5. The molecule has 2 N–H and O–H groups in total. The number of fused-ring (bicyclic) bond motifs is 2. The van der Waals surface area contributed by atoms with E-state index in [1.165, 1.54) is 0 Å². The van der Waals surface area contributed by atoms with E-state index in [4.69, 9.17) is 15.2 Å². The molecule has 0 atom stereocenters. The maximum Gasteiger partial charge on any atom is 0.231 e. The van der Waals surface area contributed by atoms with Gasteiger partial charge in [0.25, 0.3) is 0 Å². The number of pyridine rings is 1. The van der Waals surface area contributed by atoms with Crippen LogP contribution < -0.4 is 20.1 Å². The summed E-state index contributed by atoms with van der Waals surface area (Å²) in [6.07, 6.45) is 1.83. The molecule has 1 aromatic carbocycles. The molecule has 21 heavy (non-hydrogen) atoms. The van der Waals surface area contributed by atoms with Crippen LogP contribution in [0, 0.1) is 5.41 Å². The van der Waals surface area contributed by atoms with Gasteiger partial charge in [-0.1, -0.05) is 13.8 Å². The molecule has 2 aromatic rings. The fraction of sp³-hybridized carbons (Fsp3) is 0.438. The lowest BCUT2D eigenvalue weighted by molar-refractivity contribution is 0.174. The predicted molar refractivity (Wildman–Crippen MR) is 84.0 cm³/mol. The summed E-state index contributed by atoms with van der Waals surface area (Å²) in [5, 5.41) is 2.17. The molecule has 1 aliphatic heterocycles. The molecule has 5 heteroatoms. The smallest absolute Gasteiger partial charge is 0.231 e. The summed E-state index contributed by atoms with van der Waals surface area (Å²) in [5.74, 6) is 2.51. The monoisotopic (exact) mass is 287 g/mol. The Labute approximate surface area is 124 Å². The van der Waals surface area contributed by atoms with Crippen LogP contribution in [0.3, 0.4) is 0 Å². The van der Waals surface area contributed by atoms with Gasteiger partial charge in [0.15, 0.2) is 11.5 Å². The molecule has 112 valence electrons. The van der Waals surface area contributed by atoms with E-state index in [1.807, 2.05) is 31.4 Å². The third-order valence-corrected chi connectivity index (χ3v) is 3.82. The molecule has 0 fully saturated rings. The lowest BCUT2D eigenvalue weighted by atomic mass is 9.93. The molecule has 0 aliphatic carbocycles. The predicted octanol–water partition coefficient (Wildman–Crippen LogP) is 2.38. The van der Waals surface area contributed by atoms with E-state index < -0.39 is 0 Å². The van der Waals surface area contributed by atoms with Gasteiger partial charge in [-0.25, -0.2) is 4.98 Å². The SMILES string of the molecule is CN(CC(C)(C)CN)c1nccc2cc3c(cc12)OCO3. The first-order valence-corrected chi connectivity index (χ1v) is 7.10. The Morgan fingerprint density at radius 1 is 1.29 bits per heavy atom. The first-order chi connectivity index (χ1) is 10.00. The van der Waals surface area contributed by atoms with E-state index in [9.17, 15) is 0 Å². The van der Waals surface area contributed by atoms with Crippen molar-refractivity contribution in [2.75, 3.05) is 31.8 Å². The van der Waals surface area contributed by atoms with Crippen molar-refractivity contribution in [3.8, 4) is 11.5 Å². The number of rotatable bonds is 4. The number of ether oxygens (including phenoxy) is 2. The van der Waals surface area contributed by atoms with E-state index >= 15 is 0 Å². The summed E-state index contributed by atoms with van der Waals surface area (Å²) in [4.78, 5) is 6.69. The Morgan fingerprint density at radius 2 is 2.00 bits per heavy atom. The van der Waals surface area contributed by atoms with Crippen molar-refractivity contribution in [2.24, 2.45) is 11.1 Å². The molecule has 5 nitrogen and oxygen atoms in total. The van der Waals surface area contributed by atoms with Gasteiger partial charge in [-0.05, 0) is 35.5 Å². The molecule has 0 saturated heterocycles. The fourth-order valence-corrected chi connectivity index (χ4v) is 2.63. The number of hydrogen-bond donors (Lipinski definition) is 1. The molecule has 2 heterocycles. The topological polar surface area (TPSA) is 60.6 Å². The van der Waals surface area contributed by atoms with Gasteiger partial charge in [-0.2, -0.15) is 0 Å². The van der Waals surface area contributed by atoms with Gasteiger partial charge in [0, 0.05) is 25.2 Å². The molecule has 0 bridgehead atoms. The Morgan fingerprint density at radius 3 is 2.71 bits per heavy atom. The minimum absolute atomic E-state index is 0.0366. The zero-order valence-electron chi connectivity index (χ0n) is 12.7. The zero-order chi connectivity index (χ0) is 15.0. The van der Waals surface area contributed by atoms with E-state index in [-0.39, 0.29) is 12.2 Å². The minimum Gasteiger partial charge on any atom is -0.454 e. The van der Waals surface area contributed by atoms with Gasteiger partial charge in [0.05, 0.1) is 0 Å².